The molecule has 2 aliphatic rings. The predicted molar refractivity (Wildman–Crippen MR) is 77.7 cm³/mol. The lowest BCUT2D eigenvalue weighted by Crippen LogP contribution is -2.60. The lowest BCUT2D eigenvalue weighted by molar-refractivity contribution is 0.00866. The Labute approximate surface area is 113 Å². The Morgan fingerprint density at radius 3 is 2.22 bits per heavy atom. The predicted octanol–water partition coefficient (Wildman–Crippen LogP) is 1.92. The zero-order chi connectivity index (χ0) is 13.0. The van der Waals surface area contributed by atoms with Crippen molar-refractivity contribution in [3.63, 3.8) is 0 Å². The van der Waals surface area contributed by atoms with Crippen LogP contribution in [0.5, 0.6) is 0 Å². The van der Waals surface area contributed by atoms with Crippen LogP contribution in [0.3, 0.4) is 0 Å². The fourth-order valence-corrected chi connectivity index (χ4v) is 3.79. The number of hydrogen-bond acceptors (Lipinski definition) is 3. The molecular formula is C15H31N3. The monoisotopic (exact) mass is 253 g/mol. The average molecular weight is 253 g/mol. The second-order valence-corrected chi connectivity index (χ2v) is 6.45. The number of nitrogens with two attached hydrogens (primary N) is 1. The molecule has 18 heavy (non-hydrogen) atoms. The van der Waals surface area contributed by atoms with Crippen LogP contribution in [-0.4, -0.2) is 55.1 Å². The first kappa shape index (κ1) is 14.3. The van der Waals surface area contributed by atoms with E-state index < -0.39 is 0 Å². The van der Waals surface area contributed by atoms with Crippen LogP contribution in [0.4, 0.5) is 0 Å². The van der Waals surface area contributed by atoms with Gasteiger partial charge in [-0.05, 0) is 64.8 Å². The van der Waals surface area contributed by atoms with Crippen molar-refractivity contribution >= 4 is 0 Å². The largest absolute Gasteiger partial charge is 0.329 e. The summed E-state index contributed by atoms with van der Waals surface area (Å²) in [6.45, 7) is 8.15. The minimum atomic E-state index is 0.323. The molecule has 2 aliphatic heterocycles. The Morgan fingerprint density at radius 2 is 1.72 bits per heavy atom. The van der Waals surface area contributed by atoms with Gasteiger partial charge in [0.2, 0.25) is 0 Å². The molecule has 2 saturated heterocycles. The maximum Gasteiger partial charge on any atom is 0.0356 e. The van der Waals surface area contributed by atoms with E-state index in [2.05, 4.69) is 23.8 Å². The van der Waals surface area contributed by atoms with Gasteiger partial charge in [-0.15, -0.1) is 0 Å². The Bertz CT molecular complexity index is 238. The molecule has 2 fully saturated rings. The van der Waals surface area contributed by atoms with Gasteiger partial charge in [-0.25, -0.2) is 0 Å². The molecule has 0 bridgehead atoms. The van der Waals surface area contributed by atoms with Gasteiger partial charge in [-0.1, -0.05) is 19.8 Å². The fourth-order valence-electron chi connectivity index (χ4n) is 3.79. The summed E-state index contributed by atoms with van der Waals surface area (Å²) in [5.41, 5.74) is 6.47. The summed E-state index contributed by atoms with van der Waals surface area (Å²) in [5.74, 6) is 0.979. The summed E-state index contributed by atoms with van der Waals surface area (Å²) in [5, 5.41) is 0. The van der Waals surface area contributed by atoms with Gasteiger partial charge < -0.3 is 10.6 Å². The normalized spacial score (nSPS) is 27.5. The Balaban J connectivity index is 1.90. The van der Waals surface area contributed by atoms with Gasteiger partial charge in [0.1, 0.15) is 0 Å². The molecule has 0 aromatic rings. The molecule has 0 unspecified atom stereocenters. The van der Waals surface area contributed by atoms with E-state index >= 15 is 0 Å². The molecule has 0 aromatic carbocycles. The van der Waals surface area contributed by atoms with Crippen LogP contribution >= 0.6 is 0 Å². The highest BCUT2D eigenvalue weighted by Gasteiger charge is 2.39. The van der Waals surface area contributed by atoms with Crippen molar-refractivity contribution in [3.05, 3.63) is 0 Å². The Morgan fingerprint density at radius 1 is 1.11 bits per heavy atom. The van der Waals surface area contributed by atoms with Crippen LogP contribution in [0.25, 0.3) is 0 Å². The topological polar surface area (TPSA) is 32.5 Å². The van der Waals surface area contributed by atoms with Gasteiger partial charge in [-0.3, -0.25) is 4.90 Å². The van der Waals surface area contributed by atoms with Gasteiger partial charge in [0.05, 0.1) is 0 Å². The van der Waals surface area contributed by atoms with Crippen LogP contribution in [-0.2, 0) is 0 Å². The van der Waals surface area contributed by atoms with Crippen molar-refractivity contribution in [2.45, 2.75) is 51.0 Å². The maximum atomic E-state index is 6.15. The molecule has 3 heteroatoms. The van der Waals surface area contributed by atoms with Crippen molar-refractivity contribution in [3.8, 4) is 0 Å². The van der Waals surface area contributed by atoms with Gasteiger partial charge in [0.15, 0.2) is 0 Å². The number of nitrogens with zero attached hydrogens (tertiary/aromatic N) is 2. The molecule has 0 aliphatic carbocycles. The Kier molecular flexibility index (Phi) is 5.05. The second kappa shape index (κ2) is 6.36. The number of likely N-dealkylation sites (tertiary alicyclic amines) is 2. The highest BCUT2D eigenvalue weighted by Crippen LogP contribution is 2.32. The maximum absolute atomic E-state index is 6.15. The Hall–Kier alpha value is -0.120. The highest BCUT2D eigenvalue weighted by atomic mass is 15.2. The van der Waals surface area contributed by atoms with Crippen molar-refractivity contribution in [1.82, 2.24) is 9.80 Å². The number of rotatable bonds is 4. The SMILES string of the molecule is CCCC1CCN(C2(CN)CCN(C)CC2)CC1. The first-order valence-electron chi connectivity index (χ1n) is 7.84. The molecule has 106 valence electrons. The van der Waals surface area contributed by atoms with Crippen molar-refractivity contribution in [2.75, 3.05) is 39.8 Å². The fraction of sp³-hybridized carbons (Fsp3) is 1.00. The minimum absolute atomic E-state index is 0.323. The summed E-state index contributed by atoms with van der Waals surface area (Å²) in [6.07, 6.45) is 8.08. The second-order valence-electron chi connectivity index (χ2n) is 6.45. The minimum Gasteiger partial charge on any atom is -0.329 e. The van der Waals surface area contributed by atoms with E-state index in [0.717, 1.165) is 12.5 Å². The molecule has 0 radical (unpaired) electrons. The first-order valence-corrected chi connectivity index (χ1v) is 7.84. The van der Waals surface area contributed by atoms with E-state index in [9.17, 15) is 0 Å². The molecule has 0 aromatic heterocycles. The summed E-state index contributed by atoms with van der Waals surface area (Å²) < 4.78 is 0. The molecule has 0 spiro atoms. The third kappa shape index (κ3) is 3.06. The zero-order valence-corrected chi connectivity index (χ0v) is 12.3. The van der Waals surface area contributed by atoms with E-state index in [1.165, 1.54) is 64.7 Å². The van der Waals surface area contributed by atoms with Crippen molar-refractivity contribution in [2.24, 2.45) is 11.7 Å². The van der Waals surface area contributed by atoms with Crippen LogP contribution < -0.4 is 5.73 Å². The molecule has 3 nitrogen and oxygen atoms in total. The molecule has 0 atom stereocenters. The van der Waals surface area contributed by atoms with E-state index in [1.807, 2.05) is 0 Å². The van der Waals surface area contributed by atoms with Crippen LogP contribution in [0.2, 0.25) is 0 Å². The van der Waals surface area contributed by atoms with Crippen LogP contribution in [0.1, 0.15) is 45.4 Å². The van der Waals surface area contributed by atoms with E-state index in [4.69, 9.17) is 5.73 Å². The quantitative estimate of drug-likeness (QED) is 0.831. The van der Waals surface area contributed by atoms with Crippen LogP contribution in [0.15, 0.2) is 0 Å². The standard InChI is InChI=1S/C15H31N3/c1-3-4-14-5-9-18(10-6-14)15(13-16)7-11-17(2)12-8-15/h14H,3-13,16H2,1-2H3. The van der Waals surface area contributed by atoms with Gasteiger partial charge in [-0.2, -0.15) is 0 Å². The lowest BCUT2D eigenvalue weighted by Gasteiger charge is -2.50. The summed E-state index contributed by atoms with van der Waals surface area (Å²) in [6, 6.07) is 0. The van der Waals surface area contributed by atoms with E-state index in [-0.39, 0.29) is 0 Å². The smallest absolute Gasteiger partial charge is 0.0356 e. The van der Waals surface area contributed by atoms with Crippen molar-refractivity contribution < 1.29 is 0 Å². The zero-order valence-electron chi connectivity index (χ0n) is 12.3. The van der Waals surface area contributed by atoms with Crippen LogP contribution in [0, 0.1) is 5.92 Å². The molecule has 2 heterocycles. The lowest BCUT2D eigenvalue weighted by atomic mass is 9.82. The van der Waals surface area contributed by atoms with Crippen molar-refractivity contribution in [1.29, 1.82) is 0 Å². The molecule has 0 amide bonds. The third-order valence-electron chi connectivity index (χ3n) is 5.28. The first-order chi connectivity index (χ1) is 8.70. The molecule has 0 saturated carbocycles. The summed E-state index contributed by atoms with van der Waals surface area (Å²) >= 11 is 0. The molecule has 2 rings (SSSR count). The average Bonchev–Trinajstić information content (AvgIpc) is 2.42. The van der Waals surface area contributed by atoms with Gasteiger partial charge >= 0.3 is 0 Å². The van der Waals surface area contributed by atoms with E-state index in [1.54, 1.807) is 0 Å². The summed E-state index contributed by atoms with van der Waals surface area (Å²) in [7, 11) is 2.23. The highest BCUT2D eigenvalue weighted by molar-refractivity contribution is 4.97. The number of piperidine rings is 2. The molecular weight excluding hydrogens is 222 g/mol. The third-order valence-corrected chi connectivity index (χ3v) is 5.28. The summed E-state index contributed by atoms with van der Waals surface area (Å²) in [4.78, 5) is 5.17. The van der Waals surface area contributed by atoms with E-state index in [0.29, 0.717) is 5.54 Å². The van der Waals surface area contributed by atoms with Gasteiger partial charge in [0, 0.05) is 12.1 Å². The van der Waals surface area contributed by atoms with Gasteiger partial charge in [0.25, 0.3) is 0 Å². The molecule has 2 N–H and O–H groups in total. The number of hydrogen-bond donors (Lipinski definition) is 1.